The third-order valence-corrected chi connectivity index (χ3v) is 10.2. The number of fused-ring (bicyclic) bond motifs is 5. The molecule has 228 valence electrons. The zero-order valence-corrected chi connectivity index (χ0v) is 27.2. The van der Waals surface area contributed by atoms with Gasteiger partial charge in [0.15, 0.2) is 0 Å². The summed E-state index contributed by atoms with van der Waals surface area (Å²) < 4.78 is 0. The van der Waals surface area contributed by atoms with Crippen molar-refractivity contribution in [3.8, 4) is 33.4 Å². The van der Waals surface area contributed by atoms with Crippen molar-refractivity contribution in [1.82, 2.24) is 0 Å². The second-order valence-electron chi connectivity index (χ2n) is 13.4. The highest BCUT2D eigenvalue weighted by atomic mass is 15.1. The van der Waals surface area contributed by atoms with Crippen LogP contribution in [0.2, 0.25) is 0 Å². The molecule has 0 amide bonds. The number of benzene rings is 8. The van der Waals surface area contributed by atoms with E-state index < -0.39 is 0 Å². The normalized spacial score (nSPS) is 13.0. The summed E-state index contributed by atoms with van der Waals surface area (Å²) in [6.07, 6.45) is 0. The maximum atomic E-state index is 2.43. The molecule has 8 aromatic rings. The number of anilines is 3. The first-order valence-corrected chi connectivity index (χ1v) is 16.8. The van der Waals surface area contributed by atoms with Crippen LogP contribution >= 0.6 is 0 Å². The van der Waals surface area contributed by atoms with Crippen molar-refractivity contribution >= 4 is 38.6 Å². The molecule has 0 spiro atoms. The summed E-state index contributed by atoms with van der Waals surface area (Å²) in [5, 5.41) is 4.99. The Labute approximate surface area is 282 Å². The summed E-state index contributed by atoms with van der Waals surface area (Å²) in [6.45, 7) is 4.74. The Morgan fingerprint density at radius 1 is 0.375 bits per heavy atom. The van der Waals surface area contributed by atoms with Crippen LogP contribution in [0.4, 0.5) is 17.1 Å². The van der Waals surface area contributed by atoms with E-state index in [1.807, 2.05) is 0 Å². The van der Waals surface area contributed by atoms with Crippen LogP contribution in [-0.4, -0.2) is 0 Å². The van der Waals surface area contributed by atoms with Crippen LogP contribution in [0, 0.1) is 0 Å². The fourth-order valence-electron chi connectivity index (χ4n) is 7.91. The molecule has 0 bridgehead atoms. The van der Waals surface area contributed by atoms with Gasteiger partial charge in [-0.25, -0.2) is 0 Å². The quantitative estimate of drug-likeness (QED) is 0.187. The standard InChI is InChI=1S/C47H35N/c1-47(2)45-22-11-10-20-42(45)44-31-39(30-43(46(44)47)34-14-4-3-5-15-34)48(38-28-23-32-13-6-7-17-36(32)29-38)37-26-24-35(25-27-37)41-21-12-18-33-16-8-9-19-40(33)41/h3-31H,1-2H3. The number of hydrogen-bond donors (Lipinski definition) is 0. The van der Waals surface area contributed by atoms with Gasteiger partial charge in [-0.05, 0) is 102 Å². The predicted molar refractivity (Wildman–Crippen MR) is 205 cm³/mol. The molecule has 0 heterocycles. The first-order chi connectivity index (χ1) is 23.6. The Kier molecular flexibility index (Phi) is 6.55. The number of hydrogen-bond acceptors (Lipinski definition) is 1. The number of nitrogens with zero attached hydrogens (tertiary/aromatic N) is 1. The van der Waals surface area contributed by atoms with Crippen molar-refractivity contribution < 1.29 is 0 Å². The molecule has 0 aromatic heterocycles. The largest absolute Gasteiger partial charge is 0.310 e. The molecule has 1 aliphatic carbocycles. The van der Waals surface area contributed by atoms with Gasteiger partial charge in [0.25, 0.3) is 0 Å². The topological polar surface area (TPSA) is 3.24 Å². The molecule has 0 fully saturated rings. The smallest absolute Gasteiger partial charge is 0.0474 e. The van der Waals surface area contributed by atoms with E-state index >= 15 is 0 Å². The molecule has 1 heteroatoms. The molecule has 1 aliphatic rings. The van der Waals surface area contributed by atoms with Crippen LogP contribution in [-0.2, 0) is 5.41 Å². The molecular formula is C47H35N. The minimum atomic E-state index is -0.122. The Bertz CT molecular complexity index is 2460. The van der Waals surface area contributed by atoms with Gasteiger partial charge in [0, 0.05) is 22.5 Å². The van der Waals surface area contributed by atoms with Crippen LogP contribution in [0.25, 0.3) is 54.9 Å². The molecule has 0 saturated carbocycles. The van der Waals surface area contributed by atoms with Gasteiger partial charge in [0.2, 0.25) is 0 Å². The zero-order chi connectivity index (χ0) is 32.2. The molecule has 0 atom stereocenters. The van der Waals surface area contributed by atoms with Crippen molar-refractivity contribution in [3.05, 3.63) is 187 Å². The van der Waals surface area contributed by atoms with E-state index in [1.165, 1.54) is 66.1 Å². The van der Waals surface area contributed by atoms with Crippen LogP contribution in [0.1, 0.15) is 25.0 Å². The molecule has 0 N–H and O–H groups in total. The number of rotatable bonds is 5. The second-order valence-corrected chi connectivity index (χ2v) is 13.4. The average molecular weight is 614 g/mol. The summed E-state index contributed by atoms with van der Waals surface area (Å²) in [5.74, 6) is 0. The molecule has 0 unspecified atom stereocenters. The molecule has 9 rings (SSSR count). The highest BCUT2D eigenvalue weighted by molar-refractivity contribution is 5.98. The second kappa shape index (κ2) is 11.1. The van der Waals surface area contributed by atoms with Gasteiger partial charge in [-0.1, -0.05) is 153 Å². The first kappa shape index (κ1) is 28.3. The highest BCUT2D eigenvalue weighted by Gasteiger charge is 2.38. The summed E-state index contributed by atoms with van der Waals surface area (Å²) >= 11 is 0. The molecule has 1 nitrogen and oxygen atoms in total. The van der Waals surface area contributed by atoms with Gasteiger partial charge in [-0.15, -0.1) is 0 Å². The fraction of sp³-hybridized carbons (Fsp3) is 0.0638. The summed E-state index contributed by atoms with van der Waals surface area (Å²) in [7, 11) is 0. The van der Waals surface area contributed by atoms with Crippen molar-refractivity contribution in [2.45, 2.75) is 19.3 Å². The molecule has 8 aromatic carbocycles. The van der Waals surface area contributed by atoms with E-state index in [9.17, 15) is 0 Å². The fourth-order valence-corrected chi connectivity index (χ4v) is 7.91. The lowest BCUT2D eigenvalue weighted by molar-refractivity contribution is 0.662. The van der Waals surface area contributed by atoms with Crippen molar-refractivity contribution in [2.24, 2.45) is 0 Å². The highest BCUT2D eigenvalue weighted by Crippen LogP contribution is 2.54. The van der Waals surface area contributed by atoms with Crippen LogP contribution < -0.4 is 4.90 Å². The maximum Gasteiger partial charge on any atom is 0.0474 e. The van der Waals surface area contributed by atoms with Crippen LogP contribution in [0.15, 0.2) is 176 Å². The maximum absolute atomic E-state index is 2.43. The van der Waals surface area contributed by atoms with Gasteiger partial charge in [0.1, 0.15) is 0 Å². The van der Waals surface area contributed by atoms with Crippen LogP contribution in [0.3, 0.4) is 0 Å². The Hall–Kier alpha value is -5.92. The zero-order valence-electron chi connectivity index (χ0n) is 27.2. The van der Waals surface area contributed by atoms with Crippen molar-refractivity contribution in [2.75, 3.05) is 4.90 Å². The van der Waals surface area contributed by atoms with Gasteiger partial charge in [-0.3, -0.25) is 0 Å². The molecular weight excluding hydrogens is 579 g/mol. The van der Waals surface area contributed by atoms with E-state index in [0.29, 0.717) is 0 Å². The first-order valence-electron chi connectivity index (χ1n) is 16.8. The summed E-state index contributed by atoms with van der Waals surface area (Å²) in [5.41, 5.74) is 13.7. The van der Waals surface area contributed by atoms with E-state index in [4.69, 9.17) is 0 Å². The third kappa shape index (κ3) is 4.54. The van der Waals surface area contributed by atoms with Crippen LogP contribution in [0.5, 0.6) is 0 Å². The van der Waals surface area contributed by atoms with E-state index in [0.717, 1.165) is 17.1 Å². The van der Waals surface area contributed by atoms with E-state index in [-0.39, 0.29) is 5.41 Å². The molecule has 0 saturated heterocycles. The Balaban J connectivity index is 1.28. The predicted octanol–water partition coefficient (Wildman–Crippen LogP) is 13.1. The minimum absolute atomic E-state index is 0.122. The Morgan fingerprint density at radius 2 is 0.979 bits per heavy atom. The lowest BCUT2D eigenvalue weighted by Crippen LogP contribution is -2.17. The summed E-state index contributed by atoms with van der Waals surface area (Å²) in [6, 6.07) is 64.4. The van der Waals surface area contributed by atoms with Gasteiger partial charge in [0.05, 0.1) is 0 Å². The summed E-state index contributed by atoms with van der Waals surface area (Å²) in [4.78, 5) is 2.43. The monoisotopic (exact) mass is 613 g/mol. The molecule has 0 radical (unpaired) electrons. The lowest BCUT2D eigenvalue weighted by Gasteiger charge is -2.29. The minimum Gasteiger partial charge on any atom is -0.310 e. The van der Waals surface area contributed by atoms with Gasteiger partial charge < -0.3 is 4.90 Å². The van der Waals surface area contributed by atoms with Gasteiger partial charge in [-0.2, -0.15) is 0 Å². The van der Waals surface area contributed by atoms with E-state index in [2.05, 4.69) is 195 Å². The Morgan fingerprint density at radius 3 is 1.81 bits per heavy atom. The van der Waals surface area contributed by atoms with Crippen molar-refractivity contribution in [1.29, 1.82) is 0 Å². The molecule has 0 aliphatic heterocycles. The lowest BCUT2D eigenvalue weighted by atomic mass is 9.78. The third-order valence-electron chi connectivity index (χ3n) is 10.2. The average Bonchev–Trinajstić information content (AvgIpc) is 3.38. The van der Waals surface area contributed by atoms with Crippen molar-refractivity contribution in [3.63, 3.8) is 0 Å². The van der Waals surface area contributed by atoms with Gasteiger partial charge >= 0.3 is 0 Å². The van der Waals surface area contributed by atoms with E-state index in [1.54, 1.807) is 0 Å². The SMILES string of the molecule is CC1(C)c2ccccc2-c2cc(N(c3ccc(-c4cccc5ccccc45)cc3)c3ccc4ccccc4c3)cc(-c3ccccc3)c21. The molecule has 48 heavy (non-hydrogen) atoms.